The van der Waals surface area contributed by atoms with Crippen LogP contribution in [0.5, 0.6) is 11.5 Å². The smallest absolute Gasteiger partial charge is 0.229 e. The second kappa shape index (κ2) is 8.46. The number of nitriles is 1. The quantitative estimate of drug-likeness (QED) is 0.753. The third-order valence-corrected chi connectivity index (χ3v) is 6.84. The summed E-state index contributed by atoms with van der Waals surface area (Å²) < 4.78 is 10.5. The predicted molar refractivity (Wildman–Crippen MR) is 116 cm³/mol. The molecule has 1 unspecified atom stereocenters. The van der Waals surface area contributed by atoms with E-state index in [-0.39, 0.29) is 17.7 Å². The zero-order chi connectivity index (χ0) is 21.2. The van der Waals surface area contributed by atoms with E-state index in [1.165, 1.54) is 4.88 Å². The van der Waals surface area contributed by atoms with Gasteiger partial charge in [0.1, 0.15) is 11.1 Å². The van der Waals surface area contributed by atoms with E-state index in [9.17, 15) is 10.1 Å². The summed E-state index contributed by atoms with van der Waals surface area (Å²) in [4.78, 5) is 13.9. The number of rotatable bonds is 5. The molecule has 1 aliphatic rings. The average molecular weight is 413 g/mol. The van der Waals surface area contributed by atoms with Gasteiger partial charge in [-0.05, 0) is 53.9 Å². The highest BCUT2D eigenvalue weighted by molar-refractivity contribution is 7.16. The molecule has 1 atom stereocenters. The third-order valence-electron chi connectivity index (χ3n) is 5.67. The zero-order valence-electron chi connectivity index (χ0n) is 17.7. The number of nitrogens with zero attached hydrogens (tertiary/aromatic N) is 1. The number of fused-ring (bicyclic) bond motifs is 1. The highest BCUT2D eigenvalue weighted by atomic mass is 32.1. The molecule has 0 saturated carbocycles. The highest BCUT2D eigenvalue weighted by Crippen LogP contribution is 2.44. The lowest BCUT2D eigenvalue weighted by atomic mass is 9.72. The van der Waals surface area contributed by atoms with E-state index in [4.69, 9.17) is 9.47 Å². The third kappa shape index (κ3) is 4.56. The Morgan fingerprint density at radius 1 is 1.28 bits per heavy atom. The summed E-state index contributed by atoms with van der Waals surface area (Å²) in [6.45, 7) is 6.81. The molecule has 1 aromatic carbocycles. The number of thiophene rings is 1. The number of carbonyl (C=O) groups is 1. The van der Waals surface area contributed by atoms with Crippen molar-refractivity contribution in [1.82, 2.24) is 0 Å². The number of nitrogens with one attached hydrogen (secondary N) is 1. The van der Waals surface area contributed by atoms with Crippen molar-refractivity contribution in [2.45, 2.75) is 46.5 Å². The molecule has 0 spiro atoms. The first-order chi connectivity index (χ1) is 13.8. The van der Waals surface area contributed by atoms with E-state index in [1.54, 1.807) is 37.7 Å². The Kier molecular flexibility index (Phi) is 6.18. The van der Waals surface area contributed by atoms with Crippen LogP contribution in [-0.4, -0.2) is 20.1 Å². The van der Waals surface area contributed by atoms with Crippen LogP contribution in [-0.2, 0) is 24.1 Å². The molecule has 154 valence electrons. The molecular weight excluding hydrogens is 384 g/mol. The van der Waals surface area contributed by atoms with Gasteiger partial charge in [0.05, 0.1) is 26.2 Å². The number of ether oxygens (including phenoxy) is 2. The molecule has 0 bridgehead atoms. The molecule has 0 saturated heterocycles. The minimum atomic E-state index is -0.139. The number of hydrogen-bond acceptors (Lipinski definition) is 5. The lowest BCUT2D eigenvalue weighted by Gasteiger charge is -2.33. The Morgan fingerprint density at radius 3 is 2.62 bits per heavy atom. The van der Waals surface area contributed by atoms with Gasteiger partial charge in [-0.3, -0.25) is 4.79 Å². The summed E-state index contributed by atoms with van der Waals surface area (Å²) in [7, 11) is 3.15. The Morgan fingerprint density at radius 2 is 2.00 bits per heavy atom. The van der Waals surface area contributed by atoms with E-state index in [0.717, 1.165) is 30.4 Å². The molecule has 0 aliphatic heterocycles. The topological polar surface area (TPSA) is 71.3 Å². The van der Waals surface area contributed by atoms with Crippen LogP contribution in [0.1, 0.15) is 48.8 Å². The van der Waals surface area contributed by atoms with E-state index >= 15 is 0 Å². The molecule has 1 aliphatic carbocycles. The molecule has 6 heteroatoms. The van der Waals surface area contributed by atoms with Crippen molar-refractivity contribution in [2.75, 3.05) is 19.5 Å². The Bertz CT molecular complexity index is 950. The molecule has 2 aromatic rings. The van der Waals surface area contributed by atoms with Crippen LogP contribution in [0, 0.1) is 22.7 Å². The fraction of sp³-hybridized carbons (Fsp3) is 0.478. The maximum absolute atomic E-state index is 12.7. The van der Waals surface area contributed by atoms with Crippen molar-refractivity contribution in [3.8, 4) is 17.6 Å². The Hall–Kier alpha value is -2.52. The van der Waals surface area contributed by atoms with Gasteiger partial charge in [-0.25, -0.2) is 0 Å². The maximum Gasteiger partial charge on any atom is 0.229 e. The number of benzene rings is 1. The molecule has 3 rings (SSSR count). The standard InChI is InChI=1S/C23H28N2O3S/c1-23(2,3)15-7-8-16-17(13-24)22(29-20(16)12-15)25-21(26)11-14-6-9-18(27-4)19(10-14)28-5/h6,9-10,15H,7-8,11-12H2,1-5H3,(H,25,26). The van der Waals surface area contributed by atoms with Gasteiger partial charge in [-0.1, -0.05) is 26.8 Å². The van der Waals surface area contributed by atoms with Crippen molar-refractivity contribution < 1.29 is 14.3 Å². The van der Waals surface area contributed by atoms with Crippen LogP contribution < -0.4 is 14.8 Å². The lowest BCUT2D eigenvalue weighted by molar-refractivity contribution is -0.115. The number of amides is 1. The van der Waals surface area contributed by atoms with Crippen molar-refractivity contribution in [1.29, 1.82) is 5.26 Å². The molecule has 29 heavy (non-hydrogen) atoms. The van der Waals surface area contributed by atoms with Crippen molar-refractivity contribution in [3.05, 3.63) is 39.8 Å². The monoisotopic (exact) mass is 412 g/mol. The van der Waals surface area contributed by atoms with Crippen molar-refractivity contribution in [3.63, 3.8) is 0 Å². The first-order valence-electron chi connectivity index (χ1n) is 9.82. The molecule has 1 N–H and O–H groups in total. The van der Waals surface area contributed by atoms with E-state index < -0.39 is 0 Å². The second-order valence-electron chi connectivity index (χ2n) is 8.54. The maximum atomic E-state index is 12.7. The number of carbonyl (C=O) groups excluding carboxylic acids is 1. The minimum Gasteiger partial charge on any atom is -0.493 e. The highest BCUT2D eigenvalue weighted by Gasteiger charge is 2.32. The largest absolute Gasteiger partial charge is 0.493 e. The van der Waals surface area contributed by atoms with Gasteiger partial charge in [-0.2, -0.15) is 5.26 Å². The summed E-state index contributed by atoms with van der Waals surface area (Å²) in [6.07, 6.45) is 3.17. The van der Waals surface area contributed by atoms with Crippen LogP contribution in [0.15, 0.2) is 18.2 Å². The second-order valence-corrected chi connectivity index (χ2v) is 9.64. The van der Waals surface area contributed by atoms with Crippen LogP contribution in [0.3, 0.4) is 0 Å². The Labute approximate surface area is 176 Å². The number of methoxy groups -OCH3 is 2. The van der Waals surface area contributed by atoms with Crippen LogP contribution >= 0.6 is 11.3 Å². The SMILES string of the molecule is COc1ccc(CC(=O)Nc2sc3c(c2C#N)CCC(C(C)(C)C)C3)cc1OC. The minimum absolute atomic E-state index is 0.139. The summed E-state index contributed by atoms with van der Waals surface area (Å²) in [5, 5.41) is 13.3. The van der Waals surface area contributed by atoms with E-state index in [1.807, 2.05) is 6.07 Å². The van der Waals surface area contributed by atoms with E-state index in [2.05, 4.69) is 32.2 Å². The fourth-order valence-corrected chi connectivity index (χ4v) is 5.17. The summed E-state index contributed by atoms with van der Waals surface area (Å²) in [5.41, 5.74) is 2.83. The van der Waals surface area contributed by atoms with Gasteiger partial charge in [0.2, 0.25) is 5.91 Å². The van der Waals surface area contributed by atoms with Crippen molar-refractivity contribution >= 4 is 22.2 Å². The van der Waals surface area contributed by atoms with E-state index in [0.29, 0.717) is 28.0 Å². The molecular formula is C23H28N2O3S. The molecule has 1 aromatic heterocycles. The summed E-state index contributed by atoms with van der Waals surface area (Å²) in [6, 6.07) is 7.76. The Balaban J connectivity index is 1.76. The van der Waals surface area contributed by atoms with Gasteiger partial charge in [0.15, 0.2) is 11.5 Å². The molecule has 0 fully saturated rings. The van der Waals surface area contributed by atoms with Gasteiger partial charge in [-0.15, -0.1) is 11.3 Å². The van der Waals surface area contributed by atoms with Crippen LogP contribution in [0.25, 0.3) is 0 Å². The van der Waals surface area contributed by atoms with Crippen LogP contribution in [0.2, 0.25) is 0 Å². The molecule has 1 heterocycles. The number of hydrogen-bond donors (Lipinski definition) is 1. The summed E-state index contributed by atoms with van der Waals surface area (Å²) >= 11 is 1.56. The summed E-state index contributed by atoms with van der Waals surface area (Å²) in [5.74, 6) is 1.67. The number of anilines is 1. The first kappa shape index (κ1) is 21.2. The molecule has 1 amide bonds. The zero-order valence-corrected chi connectivity index (χ0v) is 18.5. The van der Waals surface area contributed by atoms with Gasteiger partial charge in [0.25, 0.3) is 0 Å². The normalized spacial score (nSPS) is 15.9. The van der Waals surface area contributed by atoms with Crippen molar-refractivity contribution in [2.24, 2.45) is 11.3 Å². The predicted octanol–water partition coefficient (Wildman–Crippen LogP) is 4.97. The first-order valence-corrected chi connectivity index (χ1v) is 10.6. The molecule has 0 radical (unpaired) electrons. The molecule has 5 nitrogen and oxygen atoms in total. The fourth-order valence-electron chi connectivity index (χ4n) is 3.88. The lowest BCUT2D eigenvalue weighted by Crippen LogP contribution is -2.26. The van der Waals surface area contributed by atoms with Gasteiger partial charge < -0.3 is 14.8 Å². The average Bonchev–Trinajstić information content (AvgIpc) is 3.02. The van der Waals surface area contributed by atoms with Gasteiger partial charge in [0, 0.05) is 4.88 Å². The van der Waals surface area contributed by atoms with Crippen LogP contribution in [0.4, 0.5) is 5.00 Å². The van der Waals surface area contributed by atoms with Gasteiger partial charge >= 0.3 is 0 Å².